The van der Waals surface area contributed by atoms with Crippen molar-refractivity contribution < 1.29 is 14.4 Å². The number of esters is 1. The first-order valence-electron chi connectivity index (χ1n) is 4.12. The lowest BCUT2D eigenvalue weighted by Crippen LogP contribution is -2.08. The van der Waals surface area contributed by atoms with Crippen LogP contribution in [0, 0.1) is 0 Å². The largest absolute Gasteiger partial charge is 0.462 e. The van der Waals surface area contributed by atoms with E-state index in [0.717, 1.165) is 18.0 Å². The molecule has 0 bridgehead atoms. The fraction of sp³-hybridized carbons (Fsp3) is 0.750. The van der Waals surface area contributed by atoms with Crippen LogP contribution >= 0.6 is 15.9 Å². The lowest BCUT2D eigenvalue weighted by Gasteiger charge is -2.05. The van der Waals surface area contributed by atoms with E-state index in [1.165, 1.54) is 0 Å². The molecular formula is C8H14BrNO3. The van der Waals surface area contributed by atoms with Gasteiger partial charge in [-0.25, -0.2) is 4.79 Å². The second-order valence-electron chi connectivity index (χ2n) is 2.38. The molecule has 0 fully saturated rings. The van der Waals surface area contributed by atoms with Gasteiger partial charge in [-0.2, -0.15) is 0 Å². The zero-order chi connectivity index (χ0) is 10.1. The van der Waals surface area contributed by atoms with Gasteiger partial charge >= 0.3 is 5.97 Å². The lowest BCUT2D eigenvalue weighted by molar-refractivity contribution is -0.134. The van der Waals surface area contributed by atoms with Crippen LogP contribution in [-0.2, 0) is 14.4 Å². The third kappa shape index (κ3) is 7.77. The van der Waals surface area contributed by atoms with E-state index < -0.39 is 5.97 Å². The maximum atomic E-state index is 10.7. The van der Waals surface area contributed by atoms with Gasteiger partial charge in [0.05, 0.1) is 6.61 Å². The quantitative estimate of drug-likeness (QED) is 0.313. The zero-order valence-corrected chi connectivity index (χ0v) is 9.41. The van der Waals surface area contributed by atoms with Crippen LogP contribution < -0.4 is 0 Å². The summed E-state index contributed by atoms with van der Waals surface area (Å²) in [7, 11) is 0. The van der Waals surface area contributed by atoms with Gasteiger partial charge in [0, 0.05) is 5.33 Å². The Balaban J connectivity index is 3.55. The first-order valence-corrected chi connectivity index (χ1v) is 5.24. The molecule has 0 aliphatic rings. The van der Waals surface area contributed by atoms with Gasteiger partial charge in [0.25, 0.3) is 0 Å². The summed E-state index contributed by atoms with van der Waals surface area (Å²) in [5, 5.41) is 4.34. The third-order valence-electron chi connectivity index (χ3n) is 1.20. The first kappa shape index (κ1) is 12.4. The number of rotatable bonds is 6. The Kier molecular flexibility index (Phi) is 7.68. The Hall–Kier alpha value is -0.580. The molecule has 4 nitrogen and oxygen atoms in total. The molecule has 0 heterocycles. The van der Waals surface area contributed by atoms with Gasteiger partial charge in [0.2, 0.25) is 0 Å². The summed E-state index contributed by atoms with van der Waals surface area (Å²) in [6.45, 7) is 3.96. The molecule has 0 amide bonds. The molecule has 0 saturated heterocycles. The van der Waals surface area contributed by atoms with Crippen molar-refractivity contribution in [2.75, 3.05) is 11.9 Å². The van der Waals surface area contributed by atoms with Crippen molar-refractivity contribution in [1.29, 1.82) is 0 Å². The number of halogens is 1. The first-order chi connectivity index (χ1) is 6.20. The second kappa shape index (κ2) is 8.04. The molecule has 13 heavy (non-hydrogen) atoms. The van der Waals surface area contributed by atoms with Crippen molar-refractivity contribution >= 4 is 28.1 Å². The maximum absolute atomic E-state index is 10.7. The number of carbonyl (C=O) groups is 1. The van der Waals surface area contributed by atoms with Crippen LogP contribution in [0.3, 0.4) is 0 Å². The predicted molar refractivity (Wildman–Crippen MR) is 54.1 cm³/mol. The van der Waals surface area contributed by atoms with Crippen molar-refractivity contribution in [1.82, 2.24) is 0 Å². The molecule has 5 heteroatoms. The molecule has 0 aliphatic carbocycles. The van der Waals surface area contributed by atoms with Gasteiger partial charge in [0.15, 0.2) is 6.21 Å². The van der Waals surface area contributed by atoms with E-state index in [4.69, 9.17) is 4.84 Å². The van der Waals surface area contributed by atoms with Gasteiger partial charge in [-0.3, -0.25) is 0 Å². The normalized spacial score (nSPS) is 12.8. The van der Waals surface area contributed by atoms with Gasteiger partial charge in [-0.05, 0) is 20.3 Å². The SMILES string of the molecule is CCOC(=O)C=NOC(C)CCBr. The summed E-state index contributed by atoms with van der Waals surface area (Å²) in [5.74, 6) is -0.478. The van der Waals surface area contributed by atoms with Crippen LogP contribution in [0.25, 0.3) is 0 Å². The molecule has 0 saturated carbocycles. The Morgan fingerprint density at radius 1 is 1.69 bits per heavy atom. The molecule has 0 N–H and O–H groups in total. The average molecular weight is 252 g/mol. The summed E-state index contributed by atoms with van der Waals surface area (Å²) >= 11 is 3.27. The van der Waals surface area contributed by atoms with Crippen LogP contribution in [0.2, 0.25) is 0 Å². The summed E-state index contributed by atoms with van der Waals surface area (Å²) in [4.78, 5) is 15.7. The number of ether oxygens (including phenoxy) is 1. The Morgan fingerprint density at radius 2 is 2.38 bits per heavy atom. The molecule has 0 rings (SSSR count). The Bertz CT molecular complexity index is 173. The van der Waals surface area contributed by atoms with E-state index in [9.17, 15) is 4.79 Å². The summed E-state index contributed by atoms with van der Waals surface area (Å²) in [6, 6.07) is 0. The number of hydrogen-bond acceptors (Lipinski definition) is 4. The van der Waals surface area contributed by atoms with E-state index >= 15 is 0 Å². The van der Waals surface area contributed by atoms with Crippen molar-refractivity contribution in [2.24, 2.45) is 5.16 Å². The van der Waals surface area contributed by atoms with Crippen LogP contribution in [-0.4, -0.2) is 30.2 Å². The molecule has 0 spiro atoms. The van der Waals surface area contributed by atoms with E-state index in [1.54, 1.807) is 6.92 Å². The second-order valence-corrected chi connectivity index (χ2v) is 3.17. The summed E-state index contributed by atoms with van der Waals surface area (Å²) in [5.41, 5.74) is 0. The van der Waals surface area contributed by atoms with Crippen LogP contribution in [0.5, 0.6) is 0 Å². The highest BCUT2D eigenvalue weighted by Crippen LogP contribution is 1.99. The van der Waals surface area contributed by atoms with Crippen molar-refractivity contribution in [3.63, 3.8) is 0 Å². The minimum Gasteiger partial charge on any atom is -0.462 e. The molecular weight excluding hydrogens is 238 g/mol. The van der Waals surface area contributed by atoms with E-state index in [2.05, 4.69) is 25.8 Å². The molecule has 76 valence electrons. The molecule has 0 aromatic carbocycles. The van der Waals surface area contributed by atoms with Crippen molar-refractivity contribution in [2.45, 2.75) is 26.4 Å². The van der Waals surface area contributed by atoms with Crippen LogP contribution in [0.1, 0.15) is 20.3 Å². The van der Waals surface area contributed by atoms with Crippen LogP contribution in [0.4, 0.5) is 0 Å². The topological polar surface area (TPSA) is 47.9 Å². The fourth-order valence-corrected chi connectivity index (χ4v) is 1.21. The fourth-order valence-electron chi connectivity index (χ4n) is 0.563. The van der Waals surface area contributed by atoms with E-state index in [0.29, 0.717) is 6.61 Å². The number of oxime groups is 1. The molecule has 0 aromatic heterocycles. The summed E-state index contributed by atoms with van der Waals surface area (Å²) < 4.78 is 4.61. The van der Waals surface area contributed by atoms with E-state index in [1.807, 2.05) is 6.92 Å². The minimum atomic E-state index is -0.478. The standard InChI is InChI=1S/C8H14BrNO3/c1-3-12-8(11)6-10-13-7(2)4-5-9/h6-7H,3-5H2,1-2H3. The van der Waals surface area contributed by atoms with Gasteiger partial charge in [0.1, 0.15) is 6.10 Å². The smallest absolute Gasteiger partial charge is 0.352 e. The van der Waals surface area contributed by atoms with Gasteiger partial charge < -0.3 is 9.57 Å². The highest BCUT2D eigenvalue weighted by molar-refractivity contribution is 9.09. The van der Waals surface area contributed by atoms with Crippen LogP contribution in [0.15, 0.2) is 5.16 Å². The predicted octanol–water partition coefficient (Wildman–Crippen LogP) is 1.73. The molecule has 0 radical (unpaired) electrons. The zero-order valence-electron chi connectivity index (χ0n) is 7.83. The van der Waals surface area contributed by atoms with Gasteiger partial charge in [-0.1, -0.05) is 21.1 Å². The molecule has 0 aliphatic heterocycles. The molecule has 1 atom stereocenters. The van der Waals surface area contributed by atoms with Crippen molar-refractivity contribution in [3.8, 4) is 0 Å². The monoisotopic (exact) mass is 251 g/mol. The number of nitrogens with zero attached hydrogens (tertiary/aromatic N) is 1. The average Bonchev–Trinajstić information content (AvgIpc) is 2.05. The highest BCUT2D eigenvalue weighted by atomic mass is 79.9. The van der Waals surface area contributed by atoms with Crippen molar-refractivity contribution in [3.05, 3.63) is 0 Å². The third-order valence-corrected chi connectivity index (χ3v) is 1.66. The summed E-state index contributed by atoms with van der Waals surface area (Å²) in [6.07, 6.45) is 1.89. The number of alkyl halides is 1. The Labute approximate surface area is 86.4 Å². The highest BCUT2D eigenvalue weighted by Gasteiger charge is 2.00. The van der Waals surface area contributed by atoms with Gasteiger partial charge in [-0.15, -0.1) is 0 Å². The maximum Gasteiger partial charge on any atom is 0.352 e. The minimum absolute atomic E-state index is 0.00468. The Morgan fingerprint density at radius 3 is 2.92 bits per heavy atom. The molecule has 1 unspecified atom stereocenters. The van der Waals surface area contributed by atoms with E-state index in [-0.39, 0.29) is 6.10 Å². The molecule has 0 aromatic rings. The lowest BCUT2D eigenvalue weighted by atomic mass is 10.3. The number of hydrogen-bond donors (Lipinski definition) is 0. The number of carbonyl (C=O) groups excluding carboxylic acids is 1.